The number of pyridine rings is 1. The first-order chi connectivity index (χ1) is 10.6. The lowest BCUT2D eigenvalue weighted by Gasteiger charge is -2.13. The minimum absolute atomic E-state index is 0.324. The van der Waals surface area contributed by atoms with E-state index in [2.05, 4.69) is 4.98 Å². The molecule has 0 unspecified atom stereocenters. The summed E-state index contributed by atoms with van der Waals surface area (Å²) in [5.74, 6) is -0.912. The third-order valence-corrected chi connectivity index (χ3v) is 4.51. The Morgan fingerprint density at radius 2 is 1.91 bits per heavy atom. The van der Waals surface area contributed by atoms with Gasteiger partial charge in [-0.3, -0.25) is 4.98 Å². The van der Waals surface area contributed by atoms with Crippen LogP contribution in [0.15, 0.2) is 53.6 Å². The van der Waals surface area contributed by atoms with Gasteiger partial charge in [-0.1, -0.05) is 18.2 Å². The molecule has 22 heavy (non-hydrogen) atoms. The lowest BCUT2D eigenvalue weighted by atomic mass is 9.93. The number of hydrogen-bond donors (Lipinski definition) is 1. The van der Waals surface area contributed by atoms with E-state index in [9.17, 15) is 9.90 Å². The maximum absolute atomic E-state index is 11.5. The van der Waals surface area contributed by atoms with Crippen LogP contribution >= 0.6 is 11.8 Å². The van der Waals surface area contributed by atoms with Crippen molar-refractivity contribution in [2.24, 2.45) is 0 Å². The van der Waals surface area contributed by atoms with Gasteiger partial charge in [-0.25, -0.2) is 4.79 Å². The van der Waals surface area contributed by atoms with E-state index in [1.54, 1.807) is 24.0 Å². The topological polar surface area (TPSA) is 50.2 Å². The maximum atomic E-state index is 11.5. The zero-order valence-electron chi connectivity index (χ0n) is 12.3. The molecule has 4 heteroatoms. The van der Waals surface area contributed by atoms with Crippen molar-refractivity contribution in [1.29, 1.82) is 0 Å². The molecule has 0 saturated heterocycles. The summed E-state index contributed by atoms with van der Waals surface area (Å²) in [6, 6.07) is 13.5. The standard InChI is InChI=1S/C18H15NO2S/c1-11-15(18(20)21)10-13-4-3-9-19-17(13)16(11)12-5-7-14(22-2)8-6-12/h3-10H,1-2H3,(H,20,21). The number of benzene rings is 2. The van der Waals surface area contributed by atoms with Crippen LogP contribution in [-0.2, 0) is 0 Å². The molecule has 3 aromatic rings. The smallest absolute Gasteiger partial charge is 0.335 e. The summed E-state index contributed by atoms with van der Waals surface area (Å²) in [7, 11) is 0. The van der Waals surface area contributed by atoms with Crippen molar-refractivity contribution < 1.29 is 9.90 Å². The fourth-order valence-electron chi connectivity index (χ4n) is 2.65. The lowest BCUT2D eigenvalue weighted by Crippen LogP contribution is -2.02. The second-order valence-electron chi connectivity index (χ2n) is 5.03. The predicted octanol–water partition coefficient (Wildman–Crippen LogP) is 4.63. The Balaban J connectivity index is 2.34. The van der Waals surface area contributed by atoms with E-state index in [1.807, 2.05) is 49.6 Å². The zero-order chi connectivity index (χ0) is 15.7. The average molecular weight is 309 g/mol. The largest absolute Gasteiger partial charge is 0.478 e. The first kappa shape index (κ1) is 14.6. The van der Waals surface area contributed by atoms with Gasteiger partial charge in [0.2, 0.25) is 0 Å². The zero-order valence-corrected chi connectivity index (χ0v) is 13.1. The SMILES string of the molecule is CSc1ccc(-c2c(C)c(C(=O)O)cc3cccnc23)cc1. The molecule has 0 spiro atoms. The molecule has 0 bridgehead atoms. The minimum atomic E-state index is -0.912. The van der Waals surface area contributed by atoms with Gasteiger partial charge in [-0.15, -0.1) is 11.8 Å². The molecule has 0 saturated carbocycles. The number of carboxylic acids is 1. The van der Waals surface area contributed by atoms with Gasteiger partial charge < -0.3 is 5.11 Å². The van der Waals surface area contributed by atoms with Gasteiger partial charge in [0, 0.05) is 22.0 Å². The van der Waals surface area contributed by atoms with Gasteiger partial charge in [0.25, 0.3) is 0 Å². The fraction of sp³-hybridized carbons (Fsp3) is 0.111. The molecule has 0 aliphatic carbocycles. The minimum Gasteiger partial charge on any atom is -0.478 e. The molecule has 0 aliphatic heterocycles. The molecule has 1 N–H and O–H groups in total. The van der Waals surface area contributed by atoms with E-state index in [0.717, 1.165) is 27.6 Å². The molecule has 0 aliphatic rings. The number of thioether (sulfide) groups is 1. The number of aromatic carboxylic acids is 1. The van der Waals surface area contributed by atoms with E-state index in [-0.39, 0.29) is 0 Å². The summed E-state index contributed by atoms with van der Waals surface area (Å²) in [6.07, 6.45) is 3.77. The Kier molecular flexibility index (Phi) is 3.86. The van der Waals surface area contributed by atoms with Crippen LogP contribution in [0.3, 0.4) is 0 Å². The van der Waals surface area contributed by atoms with Gasteiger partial charge in [-0.2, -0.15) is 0 Å². The second-order valence-corrected chi connectivity index (χ2v) is 5.91. The van der Waals surface area contributed by atoms with E-state index >= 15 is 0 Å². The quantitative estimate of drug-likeness (QED) is 0.717. The number of aromatic nitrogens is 1. The number of fused-ring (bicyclic) bond motifs is 1. The van der Waals surface area contributed by atoms with Crippen LogP contribution in [0.4, 0.5) is 0 Å². The van der Waals surface area contributed by atoms with Gasteiger partial charge in [-0.05, 0) is 48.6 Å². The summed E-state index contributed by atoms with van der Waals surface area (Å²) in [6.45, 7) is 1.84. The van der Waals surface area contributed by atoms with Crippen LogP contribution in [0.1, 0.15) is 15.9 Å². The van der Waals surface area contributed by atoms with Crippen molar-refractivity contribution in [3.05, 3.63) is 59.8 Å². The van der Waals surface area contributed by atoms with Gasteiger partial charge in [0.05, 0.1) is 11.1 Å². The van der Waals surface area contributed by atoms with Crippen LogP contribution in [0, 0.1) is 6.92 Å². The number of hydrogen-bond acceptors (Lipinski definition) is 3. The Hall–Kier alpha value is -2.33. The van der Waals surface area contributed by atoms with Crippen molar-refractivity contribution in [2.75, 3.05) is 6.26 Å². The maximum Gasteiger partial charge on any atom is 0.335 e. The Morgan fingerprint density at radius 1 is 1.18 bits per heavy atom. The number of carboxylic acid groups (broad SMARTS) is 1. The third kappa shape index (κ3) is 2.46. The summed E-state index contributed by atoms with van der Waals surface area (Å²) in [5.41, 5.74) is 3.78. The predicted molar refractivity (Wildman–Crippen MR) is 90.7 cm³/mol. The summed E-state index contributed by atoms with van der Waals surface area (Å²) < 4.78 is 0. The van der Waals surface area contributed by atoms with E-state index < -0.39 is 5.97 Å². The van der Waals surface area contributed by atoms with E-state index in [1.165, 1.54) is 4.90 Å². The van der Waals surface area contributed by atoms with Crippen molar-refractivity contribution in [3.63, 3.8) is 0 Å². The molecule has 1 heterocycles. The first-order valence-corrected chi connectivity index (χ1v) is 8.10. The first-order valence-electron chi connectivity index (χ1n) is 6.88. The highest BCUT2D eigenvalue weighted by Gasteiger charge is 2.16. The van der Waals surface area contributed by atoms with Crippen LogP contribution in [0.5, 0.6) is 0 Å². The number of nitrogens with zero attached hydrogens (tertiary/aromatic N) is 1. The lowest BCUT2D eigenvalue weighted by molar-refractivity contribution is 0.0696. The van der Waals surface area contributed by atoms with Crippen LogP contribution in [-0.4, -0.2) is 22.3 Å². The van der Waals surface area contributed by atoms with Crippen LogP contribution in [0.2, 0.25) is 0 Å². The Morgan fingerprint density at radius 3 is 2.55 bits per heavy atom. The molecule has 2 aromatic carbocycles. The van der Waals surface area contributed by atoms with E-state index in [0.29, 0.717) is 5.56 Å². The fourth-order valence-corrected chi connectivity index (χ4v) is 3.06. The van der Waals surface area contributed by atoms with Crippen molar-refractivity contribution in [3.8, 4) is 11.1 Å². The summed E-state index contributed by atoms with van der Waals surface area (Å²) in [4.78, 5) is 17.2. The van der Waals surface area contributed by atoms with E-state index in [4.69, 9.17) is 0 Å². The highest BCUT2D eigenvalue weighted by atomic mass is 32.2. The van der Waals surface area contributed by atoms with Crippen molar-refractivity contribution in [2.45, 2.75) is 11.8 Å². The molecule has 3 nitrogen and oxygen atoms in total. The van der Waals surface area contributed by atoms with Gasteiger partial charge in [0.1, 0.15) is 0 Å². The molecular weight excluding hydrogens is 294 g/mol. The average Bonchev–Trinajstić information content (AvgIpc) is 2.54. The second kappa shape index (κ2) is 5.81. The number of carbonyl (C=O) groups is 1. The molecule has 3 rings (SSSR count). The normalized spacial score (nSPS) is 10.8. The van der Waals surface area contributed by atoms with Gasteiger partial charge in [0.15, 0.2) is 0 Å². The summed E-state index contributed by atoms with van der Waals surface area (Å²) in [5, 5.41) is 10.3. The monoisotopic (exact) mass is 309 g/mol. The van der Waals surface area contributed by atoms with Crippen molar-refractivity contribution >= 4 is 28.6 Å². The third-order valence-electron chi connectivity index (χ3n) is 3.76. The molecule has 0 atom stereocenters. The van der Waals surface area contributed by atoms with Crippen LogP contribution in [0.25, 0.3) is 22.0 Å². The van der Waals surface area contributed by atoms with Crippen molar-refractivity contribution in [1.82, 2.24) is 4.98 Å². The molecule has 0 fully saturated rings. The highest BCUT2D eigenvalue weighted by Crippen LogP contribution is 2.33. The molecule has 0 amide bonds. The number of rotatable bonds is 3. The molecule has 1 aromatic heterocycles. The highest BCUT2D eigenvalue weighted by molar-refractivity contribution is 7.98. The summed E-state index contributed by atoms with van der Waals surface area (Å²) >= 11 is 1.68. The Labute approximate surface area is 133 Å². The Bertz CT molecular complexity index is 857. The van der Waals surface area contributed by atoms with Gasteiger partial charge >= 0.3 is 5.97 Å². The molecular formula is C18H15NO2S. The van der Waals surface area contributed by atoms with Crippen LogP contribution < -0.4 is 0 Å². The molecule has 0 radical (unpaired) electrons. The molecule has 110 valence electrons.